The summed E-state index contributed by atoms with van der Waals surface area (Å²) in [4.78, 5) is 18.7. The van der Waals surface area contributed by atoms with E-state index in [1.54, 1.807) is 22.5 Å². The molecule has 1 amide bonds. The van der Waals surface area contributed by atoms with Crippen LogP contribution in [-0.2, 0) is 13.6 Å². The number of nitrogens with zero attached hydrogens (tertiary/aromatic N) is 4. The van der Waals surface area contributed by atoms with Crippen LogP contribution in [0.1, 0.15) is 23.1 Å². The number of hydrogen-bond acceptors (Lipinski definition) is 4. The zero-order valence-corrected chi connectivity index (χ0v) is 15.2. The van der Waals surface area contributed by atoms with Crippen molar-refractivity contribution in [2.45, 2.75) is 25.3 Å². The van der Waals surface area contributed by atoms with E-state index in [2.05, 4.69) is 34.5 Å². The quantitative estimate of drug-likeness (QED) is 0.684. The smallest absolute Gasteiger partial charge is 0.297 e. The first-order chi connectivity index (χ1) is 11.0. The number of hydrogen-bond donors (Lipinski definition) is 0. The van der Waals surface area contributed by atoms with Gasteiger partial charge >= 0.3 is 0 Å². The molecule has 0 aliphatic carbocycles. The maximum atomic E-state index is 12.5. The van der Waals surface area contributed by atoms with E-state index in [9.17, 15) is 4.79 Å². The minimum Gasteiger partial charge on any atom is -0.319 e. The van der Waals surface area contributed by atoms with Crippen LogP contribution >= 0.6 is 23.1 Å². The fourth-order valence-electron chi connectivity index (χ4n) is 2.45. The summed E-state index contributed by atoms with van der Waals surface area (Å²) in [6.45, 7) is 4.50. The highest BCUT2D eigenvalue weighted by Gasteiger charge is 2.13. The first-order valence-corrected chi connectivity index (χ1v) is 9.34. The van der Waals surface area contributed by atoms with E-state index in [4.69, 9.17) is 0 Å². The summed E-state index contributed by atoms with van der Waals surface area (Å²) in [7, 11) is 1.94. The molecule has 0 saturated carbocycles. The molecule has 23 heavy (non-hydrogen) atoms. The molecule has 120 valence electrons. The molecule has 0 aliphatic rings. The van der Waals surface area contributed by atoms with Gasteiger partial charge in [0.2, 0.25) is 0 Å². The zero-order chi connectivity index (χ0) is 16.6. The topological polar surface area (TPSA) is 52.2 Å². The summed E-state index contributed by atoms with van der Waals surface area (Å²) in [5, 5.41) is 4.31. The molecule has 1 aromatic carbocycles. The summed E-state index contributed by atoms with van der Waals surface area (Å²) in [6.07, 6.45) is 2.05. The van der Waals surface area contributed by atoms with Gasteiger partial charge in [-0.15, -0.1) is 11.8 Å². The van der Waals surface area contributed by atoms with Gasteiger partial charge < -0.3 is 4.57 Å². The Bertz CT molecular complexity index is 949. The van der Waals surface area contributed by atoms with Crippen LogP contribution in [0.2, 0.25) is 0 Å². The maximum Gasteiger partial charge on any atom is 0.297 e. The second kappa shape index (κ2) is 6.33. The lowest BCUT2D eigenvalue weighted by atomic mass is 10.3. The number of rotatable bonds is 3. The third-order valence-electron chi connectivity index (χ3n) is 3.63. The number of thioether (sulfide) groups is 1. The Hall–Kier alpha value is -1.86. The van der Waals surface area contributed by atoms with E-state index in [0.29, 0.717) is 17.0 Å². The molecular weight excluding hydrogens is 328 g/mol. The number of carbonyl (C=O) groups is 1. The zero-order valence-electron chi connectivity index (χ0n) is 13.5. The molecule has 7 heteroatoms. The van der Waals surface area contributed by atoms with Gasteiger partial charge in [0, 0.05) is 18.5 Å². The van der Waals surface area contributed by atoms with Crippen molar-refractivity contribution >= 4 is 39.2 Å². The third kappa shape index (κ3) is 2.98. The molecule has 3 rings (SSSR count). The fourth-order valence-corrected chi connectivity index (χ4v) is 4.02. The van der Waals surface area contributed by atoms with Crippen LogP contribution in [0, 0.1) is 6.92 Å². The summed E-state index contributed by atoms with van der Waals surface area (Å²) >= 11 is 3.23. The lowest BCUT2D eigenvalue weighted by Gasteiger charge is -1.99. The Kier molecular flexibility index (Phi) is 4.41. The minimum absolute atomic E-state index is 0.250. The highest BCUT2D eigenvalue weighted by molar-refractivity contribution is 7.98. The Labute approximate surface area is 142 Å². The molecule has 0 aliphatic heterocycles. The van der Waals surface area contributed by atoms with Gasteiger partial charge in [-0.25, -0.2) is 0 Å². The number of aryl methyl sites for hydroxylation is 3. The summed E-state index contributed by atoms with van der Waals surface area (Å²) in [5.74, 6) is -0.250. The van der Waals surface area contributed by atoms with Crippen molar-refractivity contribution in [3.05, 3.63) is 40.5 Å². The molecule has 2 heterocycles. The number of fused-ring (bicyclic) bond motifs is 1. The lowest BCUT2D eigenvalue weighted by molar-refractivity contribution is 0.0988. The molecule has 0 spiro atoms. The second-order valence-electron chi connectivity index (χ2n) is 5.18. The van der Waals surface area contributed by atoms with Crippen LogP contribution in [0.3, 0.4) is 0 Å². The predicted octanol–water partition coefficient (Wildman–Crippen LogP) is 3.23. The lowest BCUT2D eigenvalue weighted by Crippen LogP contribution is -2.15. The van der Waals surface area contributed by atoms with Crippen molar-refractivity contribution in [1.29, 1.82) is 0 Å². The van der Waals surface area contributed by atoms with Crippen LogP contribution in [0.15, 0.2) is 34.2 Å². The number of aromatic nitrogens is 3. The largest absolute Gasteiger partial charge is 0.319 e. The van der Waals surface area contributed by atoms with Crippen LogP contribution in [0.4, 0.5) is 0 Å². The molecule has 0 atom stereocenters. The van der Waals surface area contributed by atoms with E-state index in [1.165, 1.54) is 16.2 Å². The molecule has 0 unspecified atom stereocenters. The molecule has 0 N–H and O–H groups in total. The monoisotopic (exact) mass is 346 g/mol. The average molecular weight is 346 g/mol. The van der Waals surface area contributed by atoms with Crippen molar-refractivity contribution in [2.24, 2.45) is 12.0 Å². The van der Waals surface area contributed by atoms with Gasteiger partial charge in [0.15, 0.2) is 4.80 Å². The Morgan fingerprint density at radius 1 is 1.39 bits per heavy atom. The van der Waals surface area contributed by atoms with Crippen LogP contribution in [-0.4, -0.2) is 26.5 Å². The van der Waals surface area contributed by atoms with Crippen molar-refractivity contribution < 1.29 is 4.79 Å². The SMILES string of the molecule is CCn1nc(C)cc1C(=O)N=c1sc2cc(SC)ccc2n1C. The van der Waals surface area contributed by atoms with Crippen molar-refractivity contribution in [3.8, 4) is 0 Å². The van der Waals surface area contributed by atoms with Gasteiger partial charge in [0.25, 0.3) is 5.91 Å². The second-order valence-corrected chi connectivity index (χ2v) is 7.07. The van der Waals surface area contributed by atoms with E-state index >= 15 is 0 Å². The molecule has 2 aromatic heterocycles. The molecule has 0 radical (unpaired) electrons. The molecule has 0 saturated heterocycles. The van der Waals surface area contributed by atoms with Crippen molar-refractivity contribution in [2.75, 3.05) is 6.26 Å². The first-order valence-electron chi connectivity index (χ1n) is 7.30. The number of amides is 1. The van der Waals surface area contributed by atoms with Gasteiger partial charge in [0.05, 0.1) is 15.9 Å². The Morgan fingerprint density at radius 2 is 2.17 bits per heavy atom. The fraction of sp³-hybridized carbons (Fsp3) is 0.312. The number of benzene rings is 1. The van der Waals surface area contributed by atoms with Crippen molar-refractivity contribution in [1.82, 2.24) is 14.3 Å². The minimum atomic E-state index is -0.250. The third-order valence-corrected chi connectivity index (χ3v) is 5.45. The van der Waals surface area contributed by atoms with E-state index in [1.807, 2.05) is 25.5 Å². The van der Waals surface area contributed by atoms with Gasteiger partial charge in [-0.05, 0) is 44.4 Å². The van der Waals surface area contributed by atoms with E-state index in [0.717, 1.165) is 15.9 Å². The average Bonchev–Trinajstić information content (AvgIpc) is 3.07. The Morgan fingerprint density at radius 3 is 2.87 bits per heavy atom. The normalized spacial score (nSPS) is 12.3. The molecule has 0 fully saturated rings. The summed E-state index contributed by atoms with van der Waals surface area (Å²) in [6, 6.07) is 8.07. The van der Waals surface area contributed by atoms with E-state index in [-0.39, 0.29) is 5.91 Å². The number of thiazole rings is 1. The molecule has 0 bridgehead atoms. The molecule has 5 nitrogen and oxygen atoms in total. The highest BCUT2D eigenvalue weighted by atomic mass is 32.2. The first kappa shape index (κ1) is 16.0. The standard InChI is InChI=1S/C16H18N4OS2/c1-5-20-13(8-10(2)18-20)15(21)17-16-19(3)12-7-6-11(22-4)9-14(12)23-16/h6-9H,5H2,1-4H3. The van der Waals surface area contributed by atoms with Gasteiger partial charge in [-0.2, -0.15) is 10.1 Å². The predicted molar refractivity (Wildman–Crippen MR) is 95.1 cm³/mol. The highest BCUT2D eigenvalue weighted by Crippen LogP contribution is 2.23. The van der Waals surface area contributed by atoms with Crippen LogP contribution in [0.25, 0.3) is 10.2 Å². The van der Waals surface area contributed by atoms with Crippen LogP contribution in [0.5, 0.6) is 0 Å². The number of carbonyl (C=O) groups excluding carboxylic acids is 1. The van der Waals surface area contributed by atoms with E-state index < -0.39 is 0 Å². The van der Waals surface area contributed by atoms with Gasteiger partial charge in [-0.3, -0.25) is 9.48 Å². The summed E-state index contributed by atoms with van der Waals surface area (Å²) < 4.78 is 4.79. The summed E-state index contributed by atoms with van der Waals surface area (Å²) in [5.41, 5.74) is 2.45. The van der Waals surface area contributed by atoms with Crippen LogP contribution < -0.4 is 4.80 Å². The van der Waals surface area contributed by atoms with Crippen molar-refractivity contribution in [3.63, 3.8) is 0 Å². The van der Waals surface area contributed by atoms with Gasteiger partial charge in [-0.1, -0.05) is 11.3 Å². The molecular formula is C16H18N4OS2. The Balaban J connectivity index is 2.09. The maximum absolute atomic E-state index is 12.5. The van der Waals surface area contributed by atoms with Gasteiger partial charge in [0.1, 0.15) is 5.69 Å². The molecule has 3 aromatic rings.